The molecule has 0 aromatic heterocycles. The van der Waals surface area contributed by atoms with Crippen LogP contribution in [0.5, 0.6) is 5.75 Å². The van der Waals surface area contributed by atoms with Crippen LogP contribution in [0, 0.1) is 24.2 Å². The Morgan fingerprint density at radius 3 is 2.52 bits per heavy atom. The molecule has 0 spiro atoms. The molecular weight excluding hydrogens is 286 g/mol. The second-order valence-corrected chi connectivity index (χ2v) is 6.93. The second-order valence-electron chi connectivity index (χ2n) is 6.93. The summed E-state index contributed by atoms with van der Waals surface area (Å²) in [5.41, 5.74) is 2.32. The number of nitrogens with zero attached hydrogens (tertiary/aromatic N) is 1. The van der Waals surface area contributed by atoms with E-state index in [-0.39, 0.29) is 11.2 Å². The Labute approximate surface area is 139 Å². The number of ether oxygens (including phenoxy) is 1. The quantitative estimate of drug-likeness (QED) is 0.796. The molecule has 3 nitrogen and oxygen atoms in total. The fraction of sp³-hybridized carbons (Fsp3) is 0.450. The minimum Gasteiger partial charge on any atom is -0.481 e. The topological polar surface area (TPSA) is 29.5 Å². The average Bonchev–Trinajstić information content (AvgIpc) is 2.46. The normalized spacial score (nSPS) is 16.2. The van der Waals surface area contributed by atoms with Gasteiger partial charge in [-0.05, 0) is 30.9 Å². The van der Waals surface area contributed by atoms with Crippen molar-refractivity contribution in [2.24, 2.45) is 5.41 Å². The van der Waals surface area contributed by atoms with Gasteiger partial charge in [-0.25, -0.2) is 0 Å². The highest BCUT2D eigenvalue weighted by molar-refractivity contribution is 5.91. The molecule has 122 valence electrons. The van der Waals surface area contributed by atoms with Gasteiger partial charge in [0.15, 0.2) is 5.78 Å². The Hall–Kier alpha value is -2.21. The van der Waals surface area contributed by atoms with Crippen LogP contribution in [-0.2, 0) is 4.79 Å². The van der Waals surface area contributed by atoms with Gasteiger partial charge in [-0.3, -0.25) is 4.79 Å². The van der Waals surface area contributed by atoms with Crippen LogP contribution in [0.25, 0.3) is 0 Å². The lowest BCUT2D eigenvalue weighted by Crippen LogP contribution is -2.29. The first-order valence-electron chi connectivity index (χ1n) is 7.95. The first-order chi connectivity index (χ1) is 10.9. The van der Waals surface area contributed by atoms with E-state index in [4.69, 9.17) is 4.74 Å². The molecule has 1 aromatic rings. The third kappa shape index (κ3) is 5.49. The van der Waals surface area contributed by atoms with Gasteiger partial charge >= 0.3 is 0 Å². The molecule has 0 aliphatic heterocycles. The van der Waals surface area contributed by atoms with E-state index in [0.717, 1.165) is 17.9 Å². The van der Waals surface area contributed by atoms with Crippen molar-refractivity contribution >= 4 is 5.78 Å². The maximum atomic E-state index is 11.8. The number of aryl methyl sites for hydroxylation is 1. The standard InChI is InChI=1S/C20H25NO2/c1-16-7-9-19(10-8-16)23-12-6-5-11-21(4)17-13-18(22)15-20(2,3)14-17/h7-10,13H,11-12,14-15H2,1-4H3. The van der Waals surface area contributed by atoms with Crippen molar-refractivity contribution in [3.63, 3.8) is 0 Å². The van der Waals surface area contributed by atoms with Gasteiger partial charge in [0.1, 0.15) is 12.4 Å². The molecule has 1 aliphatic rings. The Morgan fingerprint density at radius 1 is 1.17 bits per heavy atom. The predicted octanol–water partition coefficient (Wildman–Crippen LogP) is 3.58. The van der Waals surface area contributed by atoms with Crippen molar-refractivity contribution in [3.05, 3.63) is 41.6 Å². The number of hydrogen-bond donors (Lipinski definition) is 0. The molecule has 0 fully saturated rings. The predicted molar refractivity (Wildman–Crippen MR) is 93.2 cm³/mol. The first-order valence-corrected chi connectivity index (χ1v) is 7.95. The number of rotatable bonds is 4. The van der Waals surface area contributed by atoms with Gasteiger partial charge in [-0.15, -0.1) is 0 Å². The summed E-state index contributed by atoms with van der Waals surface area (Å²) >= 11 is 0. The molecule has 0 amide bonds. The van der Waals surface area contributed by atoms with Crippen LogP contribution in [0.15, 0.2) is 36.0 Å². The molecule has 0 unspecified atom stereocenters. The van der Waals surface area contributed by atoms with E-state index in [2.05, 4.69) is 30.6 Å². The molecule has 2 rings (SSSR count). The molecule has 0 bridgehead atoms. The monoisotopic (exact) mass is 311 g/mol. The molecule has 1 aliphatic carbocycles. The van der Waals surface area contributed by atoms with Gasteiger partial charge in [-0.1, -0.05) is 43.4 Å². The maximum Gasteiger partial charge on any atom is 0.157 e. The number of carbonyl (C=O) groups excluding carboxylic acids is 1. The summed E-state index contributed by atoms with van der Waals surface area (Å²) < 4.78 is 5.58. The van der Waals surface area contributed by atoms with E-state index in [1.807, 2.05) is 38.2 Å². The van der Waals surface area contributed by atoms with Crippen LogP contribution in [0.4, 0.5) is 0 Å². The minimum atomic E-state index is 0.0391. The van der Waals surface area contributed by atoms with E-state index in [1.165, 1.54) is 5.56 Å². The highest BCUT2D eigenvalue weighted by Gasteiger charge is 2.28. The molecule has 0 heterocycles. The SMILES string of the molecule is Cc1ccc(OCC#CCN(C)C2=CC(=O)CC(C)(C)C2)cc1. The third-order valence-corrected chi connectivity index (χ3v) is 3.90. The first kappa shape index (κ1) is 17.1. The highest BCUT2D eigenvalue weighted by Crippen LogP contribution is 2.34. The Morgan fingerprint density at radius 2 is 1.87 bits per heavy atom. The Kier molecular flexibility index (Phi) is 5.50. The Bertz CT molecular complexity index is 644. The fourth-order valence-electron chi connectivity index (χ4n) is 2.64. The summed E-state index contributed by atoms with van der Waals surface area (Å²) in [6, 6.07) is 7.93. The van der Waals surface area contributed by atoms with E-state index in [9.17, 15) is 4.79 Å². The molecule has 0 saturated carbocycles. The summed E-state index contributed by atoms with van der Waals surface area (Å²) in [5.74, 6) is 7.17. The van der Waals surface area contributed by atoms with Crippen LogP contribution in [0.3, 0.4) is 0 Å². The summed E-state index contributed by atoms with van der Waals surface area (Å²) in [6.45, 7) is 7.29. The van der Waals surface area contributed by atoms with Gasteiger partial charge < -0.3 is 9.64 Å². The minimum absolute atomic E-state index is 0.0391. The zero-order valence-corrected chi connectivity index (χ0v) is 14.5. The van der Waals surface area contributed by atoms with Crippen molar-refractivity contribution in [2.45, 2.75) is 33.6 Å². The van der Waals surface area contributed by atoms with Crippen molar-refractivity contribution in [2.75, 3.05) is 20.2 Å². The van der Waals surface area contributed by atoms with Crippen LogP contribution in [0.2, 0.25) is 0 Å². The smallest absolute Gasteiger partial charge is 0.157 e. The molecular formula is C20H25NO2. The van der Waals surface area contributed by atoms with Gasteiger partial charge in [-0.2, -0.15) is 0 Å². The molecule has 0 N–H and O–H groups in total. The van der Waals surface area contributed by atoms with Crippen molar-refractivity contribution < 1.29 is 9.53 Å². The van der Waals surface area contributed by atoms with Gasteiger partial charge in [0, 0.05) is 25.2 Å². The lowest BCUT2D eigenvalue weighted by atomic mass is 9.78. The summed E-state index contributed by atoms with van der Waals surface area (Å²) in [5, 5.41) is 0. The molecule has 0 saturated heterocycles. The molecule has 23 heavy (non-hydrogen) atoms. The molecule has 3 heteroatoms. The maximum absolute atomic E-state index is 11.8. The average molecular weight is 311 g/mol. The zero-order valence-electron chi connectivity index (χ0n) is 14.5. The number of hydrogen-bond acceptors (Lipinski definition) is 3. The summed E-state index contributed by atoms with van der Waals surface area (Å²) in [7, 11) is 1.98. The van der Waals surface area contributed by atoms with Gasteiger partial charge in [0.25, 0.3) is 0 Å². The number of ketones is 1. The summed E-state index contributed by atoms with van der Waals surface area (Å²) in [4.78, 5) is 13.8. The van der Waals surface area contributed by atoms with E-state index in [0.29, 0.717) is 19.6 Å². The largest absolute Gasteiger partial charge is 0.481 e. The van der Waals surface area contributed by atoms with Crippen LogP contribution >= 0.6 is 0 Å². The summed E-state index contributed by atoms with van der Waals surface area (Å²) in [6.07, 6.45) is 3.30. The van der Waals surface area contributed by atoms with Crippen molar-refractivity contribution in [1.29, 1.82) is 0 Å². The zero-order chi connectivity index (χ0) is 16.9. The van der Waals surface area contributed by atoms with Crippen LogP contribution in [0.1, 0.15) is 32.3 Å². The molecule has 0 atom stereocenters. The Balaban J connectivity index is 1.82. The van der Waals surface area contributed by atoms with Gasteiger partial charge in [0.05, 0.1) is 6.54 Å². The van der Waals surface area contributed by atoms with Crippen LogP contribution < -0.4 is 4.74 Å². The van der Waals surface area contributed by atoms with Crippen molar-refractivity contribution in [1.82, 2.24) is 4.90 Å². The third-order valence-electron chi connectivity index (χ3n) is 3.90. The van der Waals surface area contributed by atoms with E-state index >= 15 is 0 Å². The second kappa shape index (κ2) is 7.37. The highest BCUT2D eigenvalue weighted by atomic mass is 16.5. The van der Waals surface area contributed by atoms with Crippen LogP contribution in [-0.4, -0.2) is 30.9 Å². The molecule has 0 radical (unpaired) electrons. The number of allylic oxidation sites excluding steroid dienone is 2. The van der Waals surface area contributed by atoms with E-state index < -0.39 is 0 Å². The lowest BCUT2D eigenvalue weighted by molar-refractivity contribution is -0.117. The number of carbonyl (C=O) groups is 1. The van der Waals surface area contributed by atoms with Crippen molar-refractivity contribution in [3.8, 4) is 17.6 Å². The van der Waals surface area contributed by atoms with E-state index in [1.54, 1.807) is 6.08 Å². The number of benzene rings is 1. The van der Waals surface area contributed by atoms with Gasteiger partial charge in [0.2, 0.25) is 0 Å². The lowest BCUT2D eigenvalue weighted by Gasteiger charge is -2.32. The fourth-order valence-corrected chi connectivity index (χ4v) is 2.64. The molecule has 1 aromatic carbocycles.